The van der Waals surface area contributed by atoms with Gasteiger partial charge < -0.3 is 105 Å². The Labute approximate surface area is 806 Å². The summed E-state index contributed by atoms with van der Waals surface area (Å²) in [7, 11) is 0. The minimum absolute atomic E-state index is 0.00707. The first-order chi connectivity index (χ1) is 64.8. The fraction of sp³-hybridized carbons (Fsp3) is 0.520. The zero-order valence-electron chi connectivity index (χ0n) is 82.0. The van der Waals surface area contributed by atoms with Crippen LogP contribution in [0.5, 0.6) is 0 Å². The SMILES string of the molecule is CC(=O)N[C@H](C(=O)NCC(=O)N[C@@H](C)C(=O)N[C@H](CC(C)C)C(=O)N[C@@H](C)C(=O)N[C@@H](C(=O)N[C@H](C(=O)N[C@@H](C(=O)N[C@@H](Cc1c[nH]c2ccccc12)C(=O)N[C@H](CC(C)C)C(=O)N[C@@H](Cc1c[nH]c2ccccc12)C(=O)N[C@H](CC(C)C)C(=O)N[C@@H](Cc1c[nH]c2ccccc12)C(=O)N[C@H](CC(C)C)C(=O)N[C@@H](Cc1c[nH]c2ccccc12)C(=O)NCCS)C(C)C)C(C)C)C(C)C)C(C)C. The van der Waals surface area contributed by atoms with E-state index in [1.54, 1.807) is 100 Å². The van der Waals surface area contributed by atoms with Crippen LogP contribution in [0.3, 0.4) is 0 Å². The van der Waals surface area contributed by atoms with Crippen LogP contribution in [-0.4, -0.2) is 218 Å². The Balaban J connectivity index is 1.00. The van der Waals surface area contributed by atoms with E-state index in [0.29, 0.717) is 33.3 Å². The zero-order chi connectivity index (χ0) is 101. The van der Waals surface area contributed by atoms with E-state index in [0.717, 1.165) is 38.3 Å². The highest BCUT2D eigenvalue weighted by Gasteiger charge is 2.41. The molecule has 4 heterocycles. The quantitative estimate of drug-likeness (QED) is 0.0203. The molecule has 0 radical (unpaired) electrons. The number of carbonyl (C=O) groups is 16. The molecule has 14 atom stereocenters. The number of carbonyl (C=O) groups excluding carboxylic acids is 16. The highest BCUT2D eigenvalue weighted by atomic mass is 32.1. The Kier molecular flexibility index (Phi) is 41.2. The molecule has 0 aliphatic rings. The maximum absolute atomic E-state index is 15.6. The molecule has 0 aliphatic carbocycles. The Morgan fingerprint density at radius 3 is 0.803 bits per heavy atom. The number of fused-ring (bicyclic) bond motifs is 4. The van der Waals surface area contributed by atoms with E-state index < -0.39 is 203 Å². The van der Waals surface area contributed by atoms with Crippen molar-refractivity contribution in [3.8, 4) is 0 Å². The van der Waals surface area contributed by atoms with Crippen molar-refractivity contribution in [3.63, 3.8) is 0 Å². The van der Waals surface area contributed by atoms with Gasteiger partial charge in [-0.25, -0.2) is 0 Å². The Hall–Kier alpha value is -13.1. The molecule has 0 unspecified atom stereocenters. The first-order valence-electron chi connectivity index (χ1n) is 47.4. The molecule has 0 fully saturated rings. The van der Waals surface area contributed by atoms with Crippen LogP contribution in [0.4, 0.5) is 0 Å². The van der Waals surface area contributed by atoms with Gasteiger partial charge >= 0.3 is 0 Å². The third-order valence-electron chi connectivity index (χ3n) is 23.7. The van der Waals surface area contributed by atoms with E-state index in [1.165, 1.54) is 20.8 Å². The van der Waals surface area contributed by atoms with Crippen molar-refractivity contribution in [2.24, 2.45) is 47.3 Å². The molecule has 137 heavy (non-hydrogen) atoms. The van der Waals surface area contributed by atoms with E-state index in [2.05, 4.69) is 118 Å². The summed E-state index contributed by atoms with van der Waals surface area (Å²) in [6.07, 6.45) is 6.83. The predicted molar refractivity (Wildman–Crippen MR) is 529 cm³/mol. The second-order valence-electron chi connectivity index (χ2n) is 38.6. The van der Waals surface area contributed by atoms with Gasteiger partial charge in [0.05, 0.1) is 6.54 Å². The van der Waals surface area contributed by atoms with Crippen molar-refractivity contribution in [2.75, 3.05) is 18.8 Å². The van der Waals surface area contributed by atoms with Crippen molar-refractivity contribution < 1.29 is 76.7 Å². The summed E-state index contributed by atoms with van der Waals surface area (Å²) < 4.78 is 0. The average Bonchev–Trinajstić information content (AvgIpc) is 1.77. The van der Waals surface area contributed by atoms with Crippen molar-refractivity contribution in [1.82, 2.24) is 105 Å². The molecule has 0 aliphatic heterocycles. The molecule has 36 nitrogen and oxygen atoms in total. The van der Waals surface area contributed by atoms with Crippen LogP contribution in [0.1, 0.15) is 179 Å². The second kappa shape index (κ2) is 51.7. The number of thiol groups is 1. The first-order valence-corrected chi connectivity index (χ1v) is 48.0. The molecular weight excluding hydrogens is 1770 g/mol. The summed E-state index contributed by atoms with van der Waals surface area (Å²) in [5, 5.41) is 47.4. The third kappa shape index (κ3) is 32.3. The summed E-state index contributed by atoms with van der Waals surface area (Å²) in [6, 6.07) is 11.5. The molecule has 4 aromatic heterocycles. The van der Waals surface area contributed by atoms with Gasteiger partial charge in [0, 0.05) is 113 Å². The van der Waals surface area contributed by atoms with Crippen LogP contribution < -0.4 is 85.1 Å². The number of amides is 16. The van der Waals surface area contributed by atoms with Gasteiger partial charge in [-0.05, 0) is 133 Å². The number of aromatic nitrogens is 4. The van der Waals surface area contributed by atoms with Crippen LogP contribution in [0.2, 0.25) is 0 Å². The van der Waals surface area contributed by atoms with Gasteiger partial charge in [-0.1, -0.05) is 184 Å². The number of benzene rings is 4. The fourth-order valence-electron chi connectivity index (χ4n) is 16.4. The minimum Gasteiger partial charge on any atom is -0.361 e. The van der Waals surface area contributed by atoms with E-state index >= 15 is 28.8 Å². The van der Waals surface area contributed by atoms with Crippen LogP contribution in [0.25, 0.3) is 43.6 Å². The maximum Gasteiger partial charge on any atom is 0.243 e. The van der Waals surface area contributed by atoms with Crippen LogP contribution >= 0.6 is 12.6 Å². The fourth-order valence-corrected chi connectivity index (χ4v) is 16.5. The number of H-pyrrole nitrogens is 4. The molecule has 8 rings (SSSR count). The van der Waals surface area contributed by atoms with Crippen LogP contribution in [0.15, 0.2) is 122 Å². The van der Waals surface area contributed by atoms with E-state index in [9.17, 15) is 47.9 Å². The highest BCUT2D eigenvalue weighted by Crippen LogP contribution is 2.26. The van der Waals surface area contributed by atoms with Gasteiger partial charge in [-0.2, -0.15) is 12.6 Å². The number of hydrogen-bond donors (Lipinski definition) is 21. The van der Waals surface area contributed by atoms with Crippen molar-refractivity contribution >= 4 is 151 Å². The molecule has 0 spiro atoms. The van der Waals surface area contributed by atoms with Gasteiger partial charge in [-0.3, -0.25) is 76.7 Å². The molecule has 744 valence electrons. The Bertz CT molecular complexity index is 5540. The van der Waals surface area contributed by atoms with Crippen LogP contribution in [-0.2, 0) is 102 Å². The van der Waals surface area contributed by atoms with E-state index in [4.69, 9.17) is 0 Å². The summed E-state index contributed by atoms with van der Waals surface area (Å²) in [6.45, 7) is 31.8. The molecule has 16 amide bonds. The first kappa shape index (κ1) is 109. The number of rotatable bonds is 52. The Morgan fingerprint density at radius 2 is 0.504 bits per heavy atom. The molecular formula is C100H142N20O16S. The summed E-state index contributed by atoms with van der Waals surface area (Å²) in [4.78, 5) is 243. The van der Waals surface area contributed by atoms with Gasteiger partial charge in [0.25, 0.3) is 0 Å². The number of nitrogens with one attached hydrogen (secondary N) is 20. The lowest BCUT2D eigenvalue weighted by Gasteiger charge is -2.31. The molecule has 20 N–H and O–H groups in total. The normalized spacial score (nSPS) is 14.7. The van der Waals surface area contributed by atoms with Crippen molar-refractivity contribution in [1.29, 1.82) is 0 Å². The molecule has 4 aromatic carbocycles. The van der Waals surface area contributed by atoms with Gasteiger partial charge in [-0.15, -0.1) is 0 Å². The monoisotopic (exact) mass is 1910 g/mol. The number of hydrogen-bond acceptors (Lipinski definition) is 17. The maximum atomic E-state index is 15.6. The highest BCUT2D eigenvalue weighted by molar-refractivity contribution is 7.80. The summed E-state index contributed by atoms with van der Waals surface area (Å²) in [5.74, 6) is -14.4. The average molecular weight is 1910 g/mol. The lowest BCUT2D eigenvalue weighted by Crippen LogP contribution is -2.62. The lowest BCUT2D eigenvalue weighted by molar-refractivity contribution is -0.137. The topological polar surface area (TPSA) is 529 Å². The summed E-state index contributed by atoms with van der Waals surface area (Å²) >= 11 is 4.30. The lowest BCUT2D eigenvalue weighted by atomic mass is 9.97. The second-order valence-corrected chi connectivity index (χ2v) is 39.1. The molecule has 0 saturated heterocycles. The van der Waals surface area contributed by atoms with E-state index in [-0.39, 0.29) is 87.5 Å². The largest absolute Gasteiger partial charge is 0.361 e. The zero-order valence-corrected chi connectivity index (χ0v) is 82.9. The minimum atomic E-state index is -1.47. The Morgan fingerprint density at radius 1 is 0.263 bits per heavy atom. The predicted octanol–water partition coefficient (Wildman–Crippen LogP) is 5.70. The number of aromatic amines is 4. The summed E-state index contributed by atoms with van der Waals surface area (Å²) in [5.41, 5.74) is 5.62. The smallest absolute Gasteiger partial charge is 0.243 e. The molecule has 0 bridgehead atoms. The molecule has 0 saturated carbocycles. The molecule has 37 heteroatoms. The van der Waals surface area contributed by atoms with Gasteiger partial charge in [0.2, 0.25) is 94.5 Å². The molecule has 8 aromatic rings. The van der Waals surface area contributed by atoms with Crippen molar-refractivity contribution in [2.45, 2.75) is 268 Å². The third-order valence-corrected chi connectivity index (χ3v) is 23.9. The number of para-hydroxylation sites is 4. The van der Waals surface area contributed by atoms with Crippen molar-refractivity contribution in [3.05, 3.63) is 144 Å². The standard InChI is InChI=1S/C100H142N20O16S/c1-51(2)38-74(110-87(123)59(17)107-82(122)50-106-97(133)83(55(9)10)109-61(19)121)90(126)108-60(18)88(124)118-85(57(13)14)99(135)120-86(58(15)16)100(136)119-84(56(11)12)98(134)117-81(45-65-49-105-73-35-27-23-31-69(65)73)96(132)113-77(41-54(7)8)93(129)116-80(44-64-48-104-72-34-26-22-30-68(64)72)95(131)112-76(40-53(5)6)92(128)115-79(43-63-47-103-71-33-25-21-29-67(63)71)94(130)111-75(39-52(3)4)91(127)114-78(89(125)101-36-37-137)42-62-46-102-70-32-24-20-28-66(62)70/h20-35,46-49,51-60,74-81,83-86,102-105,137H,36-45,50H2,1-19H3,(H,101,125)(H,106,133)(H,107,122)(H,108,126)(H,109,121)(H,110,123)(H,111,130)(H,112,131)(H,113,132)(H,114,127)(H,115,128)(H,116,129)(H,117,134)(H,118,124)(H,119,136)(H,120,135)/t59-,60-,74+,75+,76+,77+,78-,79-,80-,81-,83-,84+,85+,86-/m0/s1. The van der Waals surface area contributed by atoms with Gasteiger partial charge in [0.1, 0.15) is 84.6 Å². The van der Waals surface area contributed by atoms with Crippen LogP contribution in [0, 0.1) is 47.3 Å². The van der Waals surface area contributed by atoms with Gasteiger partial charge in [0.15, 0.2) is 0 Å². The van der Waals surface area contributed by atoms with E-state index in [1.807, 2.05) is 133 Å².